The van der Waals surface area contributed by atoms with Crippen molar-refractivity contribution in [2.75, 3.05) is 18.4 Å². The summed E-state index contributed by atoms with van der Waals surface area (Å²) in [6.45, 7) is 1.40. The first-order chi connectivity index (χ1) is 15.0. The van der Waals surface area contributed by atoms with Gasteiger partial charge in [0.25, 0.3) is 0 Å². The van der Waals surface area contributed by atoms with Gasteiger partial charge in [0.1, 0.15) is 5.76 Å². The Bertz CT molecular complexity index is 1080. The van der Waals surface area contributed by atoms with Crippen LogP contribution in [0.1, 0.15) is 17.7 Å². The summed E-state index contributed by atoms with van der Waals surface area (Å²) in [5, 5.41) is 6.11. The van der Waals surface area contributed by atoms with Gasteiger partial charge in [-0.1, -0.05) is 30.3 Å². The van der Waals surface area contributed by atoms with E-state index in [2.05, 4.69) is 15.4 Å². The average molecular weight is 440 g/mol. The number of nitrogens with one attached hydrogen (secondary N) is 3. The van der Waals surface area contributed by atoms with Crippen molar-refractivity contribution in [2.24, 2.45) is 0 Å². The van der Waals surface area contributed by atoms with Crippen LogP contribution < -0.4 is 15.4 Å². The molecular weight excluding hydrogens is 414 g/mol. The summed E-state index contributed by atoms with van der Waals surface area (Å²) < 4.78 is 32.3. The summed E-state index contributed by atoms with van der Waals surface area (Å²) in [7, 11) is -3.64. The third kappa shape index (κ3) is 7.44. The summed E-state index contributed by atoms with van der Waals surface area (Å²) in [4.78, 5) is 12.1. The molecule has 0 bridgehead atoms. The number of anilines is 1. The minimum atomic E-state index is -3.64. The van der Waals surface area contributed by atoms with Crippen molar-refractivity contribution < 1.29 is 17.6 Å². The summed E-state index contributed by atoms with van der Waals surface area (Å²) in [5.74, 6) is 0.335. The van der Waals surface area contributed by atoms with Crippen LogP contribution in [0.2, 0.25) is 0 Å². The van der Waals surface area contributed by atoms with Gasteiger partial charge < -0.3 is 15.1 Å². The molecule has 0 saturated carbocycles. The van der Waals surface area contributed by atoms with Crippen LogP contribution in [0.15, 0.2) is 88.4 Å². The number of hydrogen-bond donors (Lipinski definition) is 3. The molecule has 3 aromatic rings. The van der Waals surface area contributed by atoms with E-state index in [0.29, 0.717) is 12.3 Å². The predicted octanol–water partition coefficient (Wildman–Crippen LogP) is 3.39. The van der Waals surface area contributed by atoms with Gasteiger partial charge in [-0.2, -0.15) is 0 Å². The summed E-state index contributed by atoms with van der Waals surface area (Å²) in [6.07, 6.45) is 5.36. The number of benzene rings is 2. The summed E-state index contributed by atoms with van der Waals surface area (Å²) >= 11 is 0. The van der Waals surface area contributed by atoms with Crippen LogP contribution >= 0.6 is 0 Å². The van der Waals surface area contributed by atoms with E-state index in [0.717, 1.165) is 24.2 Å². The lowest BCUT2D eigenvalue weighted by Gasteiger charge is -2.06. The van der Waals surface area contributed by atoms with Crippen LogP contribution in [0.3, 0.4) is 0 Å². The van der Waals surface area contributed by atoms with Crippen molar-refractivity contribution in [1.82, 2.24) is 10.0 Å². The number of sulfonamides is 1. The minimum absolute atomic E-state index is 0.0814. The first-order valence-corrected chi connectivity index (χ1v) is 11.4. The van der Waals surface area contributed by atoms with Crippen LogP contribution in [0.25, 0.3) is 6.08 Å². The number of carbonyl (C=O) groups excluding carboxylic acids is 1. The second-order valence-electron chi connectivity index (χ2n) is 6.74. The molecule has 2 aromatic carbocycles. The van der Waals surface area contributed by atoms with Crippen LogP contribution in [0.4, 0.5) is 5.69 Å². The molecule has 0 atom stereocenters. The Morgan fingerprint density at radius 2 is 1.71 bits per heavy atom. The molecule has 0 aliphatic heterocycles. The average Bonchev–Trinajstić information content (AvgIpc) is 3.31. The van der Waals surface area contributed by atoms with E-state index in [1.54, 1.807) is 30.3 Å². The van der Waals surface area contributed by atoms with E-state index in [1.165, 1.54) is 24.5 Å². The molecule has 8 heteroatoms. The number of carbonyl (C=O) groups is 1. The van der Waals surface area contributed by atoms with Gasteiger partial charge in [0.05, 0.1) is 17.7 Å². The molecule has 0 fully saturated rings. The maximum atomic E-state index is 12.3. The Hall–Kier alpha value is -3.36. The zero-order valence-electron chi connectivity index (χ0n) is 17.0. The van der Waals surface area contributed by atoms with Gasteiger partial charge in [0, 0.05) is 24.9 Å². The van der Waals surface area contributed by atoms with E-state index >= 15 is 0 Å². The van der Waals surface area contributed by atoms with Crippen molar-refractivity contribution in [3.8, 4) is 0 Å². The second kappa shape index (κ2) is 11.1. The first-order valence-electron chi connectivity index (χ1n) is 9.90. The number of amides is 1. The van der Waals surface area contributed by atoms with E-state index in [9.17, 15) is 13.2 Å². The molecule has 1 amide bonds. The van der Waals surface area contributed by atoms with Crippen molar-refractivity contribution in [3.05, 3.63) is 90.4 Å². The van der Waals surface area contributed by atoms with Gasteiger partial charge in [-0.25, -0.2) is 13.1 Å². The maximum Gasteiger partial charge on any atom is 0.244 e. The zero-order valence-corrected chi connectivity index (χ0v) is 17.8. The van der Waals surface area contributed by atoms with Crippen molar-refractivity contribution in [2.45, 2.75) is 17.9 Å². The third-order valence-corrected chi connectivity index (χ3v) is 5.81. The second-order valence-corrected chi connectivity index (χ2v) is 8.51. The Labute approximate surface area is 182 Å². The molecule has 0 saturated heterocycles. The van der Waals surface area contributed by atoms with Crippen LogP contribution in [0.5, 0.6) is 0 Å². The lowest BCUT2D eigenvalue weighted by molar-refractivity contribution is -0.116. The number of furan rings is 1. The van der Waals surface area contributed by atoms with E-state index in [4.69, 9.17) is 4.42 Å². The minimum Gasteiger partial charge on any atom is -0.468 e. The topological polar surface area (TPSA) is 100 Å². The van der Waals surface area contributed by atoms with E-state index in [1.807, 2.05) is 30.3 Å². The van der Waals surface area contributed by atoms with E-state index < -0.39 is 10.0 Å². The SMILES string of the molecule is O=C(C=Cc1ccc(S(=O)(=O)NCc2ccco2)cc1)NCCCNc1ccccc1. The molecule has 31 heavy (non-hydrogen) atoms. The highest BCUT2D eigenvalue weighted by molar-refractivity contribution is 7.89. The highest BCUT2D eigenvalue weighted by Gasteiger charge is 2.13. The van der Waals surface area contributed by atoms with Gasteiger partial charge in [0.2, 0.25) is 15.9 Å². The molecule has 0 spiro atoms. The Morgan fingerprint density at radius 3 is 2.42 bits per heavy atom. The van der Waals surface area contributed by atoms with Crippen molar-refractivity contribution in [3.63, 3.8) is 0 Å². The summed E-state index contributed by atoms with van der Waals surface area (Å²) in [6, 6.07) is 19.6. The lowest BCUT2D eigenvalue weighted by atomic mass is 10.2. The predicted molar refractivity (Wildman–Crippen MR) is 121 cm³/mol. The smallest absolute Gasteiger partial charge is 0.244 e. The highest BCUT2D eigenvalue weighted by Crippen LogP contribution is 2.12. The Morgan fingerprint density at radius 1 is 0.935 bits per heavy atom. The Balaban J connectivity index is 1.40. The number of rotatable bonds is 11. The molecule has 3 rings (SSSR count). The molecule has 0 aliphatic rings. The lowest BCUT2D eigenvalue weighted by Crippen LogP contribution is -2.23. The molecular formula is C23H25N3O4S. The fourth-order valence-electron chi connectivity index (χ4n) is 2.74. The third-order valence-electron chi connectivity index (χ3n) is 4.39. The largest absolute Gasteiger partial charge is 0.468 e. The normalized spacial score (nSPS) is 11.5. The summed E-state index contributed by atoms with van der Waals surface area (Å²) in [5.41, 5.74) is 1.78. The van der Waals surface area contributed by atoms with Gasteiger partial charge in [-0.15, -0.1) is 0 Å². The maximum absolute atomic E-state index is 12.3. The van der Waals surface area contributed by atoms with E-state index in [-0.39, 0.29) is 17.3 Å². The fourth-order valence-corrected chi connectivity index (χ4v) is 3.73. The first kappa shape index (κ1) is 22.3. The molecule has 0 aliphatic carbocycles. The quantitative estimate of drug-likeness (QED) is 0.314. The fraction of sp³-hybridized carbons (Fsp3) is 0.174. The molecule has 0 radical (unpaired) electrons. The van der Waals surface area contributed by atoms with Gasteiger partial charge in [-0.05, 0) is 54.5 Å². The standard InChI is InChI=1S/C23H25N3O4S/c27-23(25-16-5-15-24-20-6-2-1-3-7-20)14-11-19-9-12-22(13-10-19)31(28,29)26-18-21-8-4-17-30-21/h1-4,6-14,17,24,26H,5,15-16,18H2,(H,25,27). The van der Waals surface area contributed by atoms with Crippen LogP contribution in [-0.4, -0.2) is 27.4 Å². The molecule has 0 unspecified atom stereocenters. The van der Waals surface area contributed by atoms with Gasteiger partial charge in [0.15, 0.2) is 0 Å². The molecule has 7 nitrogen and oxygen atoms in total. The molecule has 1 aromatic heterocycles. The van der Waals surface area contributed by atoms with Crippen LogP contribution in [0, 0.1) is 0 Å². The zero-order chi connectivity index (χ0) is 21.9. The van der Waals surface area contributed by atoms with Crippen LogP contribution in [-0.2, 0) is 21.4 Å². The molecule has 1 heterocycles. The Kier molecular flexibility index (Phi) is 8.03. The monoisotopic (exact) mass is 439 g/mol. The van der Waals surface area contributed by atoms with Crippen molar-refractivity contribution >= 4 is 27.7 Å². The van der Waals surface area contributed by atoms with Gasteiger partial charge in [-0.3, -0.25) is 4.79 Å². The van der Waals surface area contributed by atoms with Crippen molar-refractivity contribution in [1.29, 1.82) is 0 Å². The number of hydrogen-bond acceptors (Lipinski definition) is 5. The molecule has 3 N–H and O–H groups in total. The number of para-hydroxylation sites is 1. The molecule has 162 valence electrons. The highest BCUT2D eigenvalue weighted by atomic mass is 32.2. The van der Waals surface area contributed by atoms with Gasteiger partial charge >= 0.3 is 0 Å².